The summed E-state index contributed by atoms with van der Waals surface area (Å²) >= 11 is 1.44. The number of hydrogen-bond donors (Lipinski definition) is 3. The lowest BCUT2D eigenvalue weighted by atomic mass is 10.2. The highest BCUT2D eigenvalue weighted by Gasteiger charge is 2.30. The molecule has 2 atom stereocenters. The van der Waals surface area contributed by atoms with E-state index in [-0.39, 0.29) is 17.1 Å². The Hall–Kier alpha value is -1.20. The topological polar surface area (TPSA) is 105 Å². The lowest BCUT2D eigenvalue weighted by molar-refractivity contribution is 0.438. The second-order valence-electron chi connectivity index (χ2n) is 6.33. The van der Waals surface area contributed by atoms with Crippen molar-refractivity contribution in [3.63, 3.8) is 0 Å². The maximum absolute atomic E-state index is 10.7. The molecule has 0 aliphatic rings. The summed E-state index contributed by atoms with van der Waals surface area (Å²) in [4.78, 5) is 3.74. The molecule has 2 unspecified atom stereocenters. The molecule has 2 heterocycles. The van der Waals surface area contributed by atoms with Crippen LogP contribution >= 0.6 is 15.9 Å². The Bertz CT molecular complexity index is 736. The van der Waals surface area contributed by atoms with Crippen molar-refractivity contribution < 1.29 is 22.7 Å². The van der Waals surface area contributed by atoms with Gasteiger partial charge in [0.25, 0.3) is 0 Å². The van der Waals surface area contributed by atoms with Crippen molar-refractivity contribution in [3.8, 4) is 22.8 Å². The van der Waals surface area contributed by atoms with E-state index in [1.807, 2.05) is 19.6 Å². The summed E-state index contributed by atoms with van der Waals surface area (Å²) in [5, 5.41) is 10.6. The molecule has 0 aromatic carbocycles. The van der Waals surface area contributed by atoms with Crippen molar-refractivity contribution in [1.82, 2.24) is 9.71 Å². The van der Waals surface area contributed by atoms with E-state index in [9.17, 15) is 9.32 Å². The van der Waals surface area contributed by atoms with E-state index >= 15 is 0 Å². The Morgan fingerprint density at radius 3 is 2.76 bits per heavy atom. The number of alkyl halides is 1. The van der Waals surface area contributed by atoms with Crippen LogP contribution in [-0.4, -0.2) is 33.7 Å². The predicted octanol–water partition coefficient (Wildman–Crippen LogP) is 3.81. The number of furan rings is 1. The van der Waals surface area contributed by atoms with E-state index in [1.165, 1.54) is 0 Å². The van der Waals surface area contributed by atoms with Crippen molar-refractivity contribution in [1.29, 1.82) is 0 Å². The predicted molar refractivity (Wildman–Crippen MR) is 103 cm³/mol. The molecule has 0 saturated heterocycles. The Morgan fingerprint density at radius 2 is 2.20 bits per heavy atom. The van der Waals surface area contributed by atoms with E-state index in [0.29, 0.717) is 29.3 Å². The molecule has 2 aromatic heterocycles. The Morgan fingerprint density at radius 1 is 1.48 bits per heavy atom. The zero-order valence-corrected chi connectivity index (χ0v) is 17.6. The van der Waals surface area contributed by atoms with Gasteiger partial charge in [0.05, 0.1) is 4.83 Å². The van der Waals surface area contributed by atoms with Crippen LogP contribution in [0.5, 0.6) is 11.5 Å². The number of hydrogen-bond acceptors (Lipinski definition) is 5. The van der Waals surface area contributed by atoms with Gasteiger partial charge in [0.2, 0.25) is 25.3 Å². The van der Waals surface area contributed by atoms with Crippen molar-refractivity contribution in [3.05, 3.63) is 30.3 Å². The third-order valence-corrected chi connectivity index (χ3v) is 5.25. The van der Waals surface area contributed by atoms with E-state index < -0.39 is 19.6 Å². The first-order valence-corrected chi connectivity index (χ1v) is 13.1. The molecule has 0 spiro atoms. The SMILES string of the molecule is C[Si](C)(C)Oc1c(C(Br)CCNS(=O)O)oc(-c2cccnc2)c1O. The lowest BCUT2D eigenvalue weighted by Crippen LogP contribution is -2.29. The minimum absolute atomic E-state index is 0.0615. The van der Waals surface area contributed by atoms with Crippen LogP contribution in [0.3, 0.4) is 0 Å². The largest absolute Gasteiger partial charge is 0.539 e. The molecular formula is C15H21BrN2O5SSi. The fraction of sp³-hybridized carbons (Fsp3) is 0.400. The van der Waals surface area contributed by atoms with Gasteiger partial charge < -0.3 is 13.9 Å². The molecule has 3 N–H and O–H groups in total. The van der Waals surface area contributed by atoms with Gasteiger partial charge in [-0.25, -0.2) is 8.93 Å². The minimum Gasteiger partial charge on any atom is -0.539 e. The van der Waals surface area contributed by atoms with E-state index in [0.717, 1.165) is 0 Å². The fourth-order valence-corrected chi connectivity index (χ4v) is 3.76. The zero-order chi connectivity index (χ0) is 18.6. The highest BCUT2D eigenvalue weighted by molar-refractivity contribution is 9.09. The first-order chi connectivity index (χ1) is 11.7. The highest BCUT2D eigenvalue weighted by Crippen LogP contribution is 2.48. The molecule has 0 bridgehead atoms. The van der Waals surface area contributed by atoms with Crippen LogP contribution < -0.4 is 9.15 Å². The van der Waals surface area contributed by atoms with Crippen LogP contribution in [0, 0.1) is 0 Å². The average molecular weight is 449 g/mol. The Labute approximate surface area is 158 Å². The molecule has 2 aromatic rings. The van der Waals surface area contributed by atoms with Crippen molar-refractivity contribution in [2.24, 2.45) is 0 Å². The average Bonchev–Trinajstić information content (AvgIpc) is 2.83. The second kappa shape index (κ2) is 8.45. The van der Waals surface area contributed by atoms with Crippen molar-refractivity contribution in [2.75, 3.05) is 6.54 Å². The normalized spacial score (nSPS) is 14.3. The number of aromatic nitrogens is 1. The fourth-order valence-electron chi connectivity index (χ4n) is 2.13. The zero-order valence-electron chi connectivity index (χ0n) is 14.2. The number of nitrogens with one attached hydrogen (secondary N) is 1. The number of rotatable bonds is 8. The molecule has 7 nitrogen and oxygen atoms in total. The summed E-state index contributed by atoms with van der Waals surface area (Å²) in [7, 11) is -2.00. The smallest absolute Gasteiger partial charge is 0.242 e. The van der Waals surface area contributed by atoms with Crippen molar-refractivity contribution >= 4 is 35.5 Å². The van der Waals surface area contributed by atoms with Gasteiger partial charge in [-0.05, 0) is 38.2 Å². The highest BCUT2D eigenvalue weighted by atomic mass is 79.9. The van der Waals surface area contributed by atoms with Crippen LogP contribution in [0.25, 0.3) is 11.3 Å². The molecule has 0 fully saturated rings. The van der Waals surface area contributed by atoms with Gasteiger partial charge in [-0.1, -0.05) is 15.9 Å². The molecule has 25 heavy (non-hydrogen) atoms. The minimum atomic E-state index is -2.07. The summed E-state index contributed by atoms with van der Waals surface area (Å²) in [6, 6.07) is 3.54. The van der Waals surface area contributed by atoms with Gasteiger partial charge in [0.15, 0.2) is 17.3 Å². The van der Waals surface area contributed by atoms with Crippen LogP contribution in [-0.2, 0) is 11.3 Å². The second-order valence-corrected chi connectivity index (χ2v) is 12.7. The van der Waals surface area contributed by atoms with E-state index in [2.05, 4.69) is 25.6 Å². The van der Waals surface area contributed by atoms with Gasteiger partial charge in [0.1, 0.15) is 0 Å². The third kappa shape index (κ3) is 5.64. The van der Waals surface area contributed by atoms with Gasteiger partial charge in [-0.15, -0.1) is 0 Å². The summed E-state index contributed by atoms with van der Waals surface area (Å²) < 4.78 is 33.8. The lowest BCUT2D eigenvalue weighted by Gasteiger charge is -2.20. The van der Waals surface area contributed by atoms with Crippen LogP contribution in [0.1, 0.15) is 17.0 Å². The van der Waals surface area contributed by atoms with Gasteiger partial charge in [-0.3, -0.25) is 9.54 Å². The molecular weight excluding hydrogens is 428 g/mol. The first-order valence-electron chi connectivity index (χ1n) is 7.62. The number of pyridine rings is 1. The summed E-state index contributed by atoms with van der Waals surface area (Å²) in [6.07, 6.45) is 3.70. The monoisotopic (exact) mass is 448 g/mol. The molecule has 0 saturated carbocycles. The van der Waals surface area contributed by atoms with Crippen LogP contribution in [0.4, 0.5) is 0 Å². The maximum Gasteiger partial charge on any atom is 0.242 e. The molecule has 138 valence electrons. The molecule has 2 rings (SSSR count). The number of halogens is 1. The van der Waals surface area contributed by atoms with Gasteiger partial charge >= 0.3 is 0 Å². The molecule has 0 amide bonds. The molecule has 0 aliphatic carbocycles. The van der Waals surface area contributed by atoms with Gasteiger partial charge in [0, 0.05) is 24.5 Å². The third-order valence-electron chi connectivity index (χ3n) is 3.11. The van der Waals surface area contributed by atoms with Crippen LogP contribution in [0.15, 0.2) is 28.9 Å². The molecule has 0 radical (unpaired) electrons. The summed E-state index contributed by atoms with van der Waals surface area (Å²) in [6.45, 7) is 6.31. The van der Waals surface area contributed by atoms with E-state index in [1.54, 1.807) is 24.5 Å². The standard InChI is InChI=1S/C15H21BrN2O5SSi/c1-25(2,3)23-15-12(19)13(10-5-4-7-17-9-10)22-14(15)11(16)6-8-18-24(20)21/h4-5,7,9,11,18-19H,6,8H2,1-3H3,(H,20,21). The number of aromatic hydroxyl groups is 1. The van der Waals surface area contributed by atoms with Gasteiger partial charge in [-0.2, -0.15) is 0 Å². The maximum atomic E-state index is 10.7. The first kappa shape index (κ1) is 20.1. The Balaban J connectivity index is 2.37. The Kier molecular flexibility index (Phi) is 6.80. The molecule has 0 aliphatic heterocycles. The van der Waals surface area contributed by atoms with E-state index in [4.69, 9.17) is 13.4 Å². The molecule has 10 heteroatoms. The summed E-state index contributed by atoms with van der Waals surface area (Å²) in [5.41, 5.74) is 0.640. The van der Waals surface area contributed by atoms with Crippen LogP contribution in [0.2, 0.25) is 19.6 Å². The summed E-state index contributed by atoms with van der Waals surface area (Å²) in [5.74, 6) is 0.988. The quantitative estimate of drug-likeness (QED) is 0.322. The number of nitrogens with zero attached hydrogens (tertiary/aromatic N) is 1. The van der Waals surface area contributed by atoms with Crippen molar-refractivity contribution in [2.45, 2.75) is 30.9 Å².